The van der Waals surface area contributed by atoms with Gasteiger partial charge in [0.25, 0.3) is 0 Å². The molecule has 1 heterocycles. The van der Waals surface area contributed by atoms with E-state index < -0.39 is 0 Å². The first-order valence-electron chi connectivity index (χ1n) is 8.70. The number of carbonyl (C=O) groups is 1. The monoisotopic (exact) mass is 301 g/mol. The summed E-state index contributed by atoms with van der Waals surface area (Å²) in [5.41, 5.74) is 2.81. The van der Waals surface area contributed by atoms with E-state index in [4.69, 9.17) is 0 Å². The molecule has 1 fully saturated rings. The molecule has 3 nitrogen and oxygen atoms in total. The molecular weight excluding hydrogens is 274 g/mol. The lowest BCUT2D eigenvalue weighted by Crippen LogP contribution is -2.38. The van der Waals surface area contributed by atoms with Gasteiger partial charge < -0.3 is 10.0 Å². The Morgan fingerprint density at radius 2 is 2.14 bits per heavy atom. The van der Waals surface area contributed by atoms with Gasteiger partial charge in [0.2, 0.25) is 5.91 Å². The first-order chi connectivity index (χ1) is 10.6. The Bertz CT molecular complexity index is 526. The zero-order chi connectivity index (χ0) is 15.5. The third-order valence-corrected chi connectivity index (χ3v) is 5.23. The first-order valence-corrected chi connectivity index (χ1v) is 8.70. The summed E-state index contributed by atoms with van der Waals surface area (Å²) in [6.07, 6.45) is 6.59. The van der Waals surface area contributed by atoms with E-state index in [0.717, 1.165) is 32.2 Å². The molecule has 0 spiro atoms. The van der Waals surface area contributed by atoms with E-state index in [9.17, 15) is 9.90 Å². The Kier molecular flexibility index (Phi) is 4.82. The second-order valence-corrected chi connectivity index (χ2v) is 6.96. The zero-order valence-electron chi connectivity index (χ0n) is 13.5. The molecule has 1 aromatic carbocycles. The highest BCUT2D eigenvalue weighted by molar-refractivity contribution is 5.78. The molecule has 0 bridgehead atoms. The van der Waals surface area contributed by atoms with Crippen LogP contribution in [-0.4, -0.2) is 34.6 Å². The number of aliphatic hydroxyl groups is 1. The molecule has 3 atom stereocenters. The van der Waals surface area contributed by atoms with Crippen LogP contribution in [-0.2, 0) is 11.2 Å². The summed E-state index contributed by atoms with van der Waals surface area (Å²) in [6, 6.07) is 8.84. The Morgan fingerprint density at radius 3 is 2.95 bits per heavy atom. The molecule has 1 aromatic rings. The minimum absolute atomic E-state index is 0.242. The highest BCUT2D eigenvalue weighted by atomic mass is 16.3. The van der Waals surface area contributed by atoms with Crippen molar-refractivity contribution in [3.05, 3.63) is 35.4 Å². The van der Waals surface area contributed by atoms with Crippen molar-refractivity contribution in [3.63, 3.8) is 0 Å². The number of fused-ring (bicyclic) bond motifs is 1. The molecular formula is C19H27NO2. The van der Waals surface area contributed by atoms with Crippen molar-refractivity contribution in [1.82, 2.24) is 4.90 Å². The normalized spacial score (nSPS) is 25.8. The standard InChI is InChI=1S/C19H27NO2/c1-14(21)12-17-9-5-11-20(17)19(22)13-16-8-4-7-15-6-2-3-10-18(15)16/h2-3,6,10,14,16-17,21H,4-5,7-9,11-13H2,1H3. The van der Waals surface area contributed by atoms with Crippen LogP contribution in [0.3, 0.4) is 0 Å². The predicted octanol–water partition coefficient (Wildman–Crippen LogP) is 3.26. The van der Waals surface area contributed by atoms with Crippen LogP contribution < -0.4 is 0 Å². The lowest BCUT2D eigenvalue weighted by molar-refractivity contribution is -0.132. The van der Waals surface area contributed by atoms with Gasteiger partial charge in [-0.2, -0.15) is 0 Å². The van der Waals surface area contributed by atoms with Gasteiger partial charge in [-0.1, -0.05) is 24.3 Å². The van der Waals surface area contributed by atoms with Crippen LogP contribution in [0, 0.1) is 0 Å². The van der Waals surface area contributed by atoms with Crippen LogP contribution in [0.25, 0.3) is 0 Å². The second kappa shape index (κ2) is 6.82. The lowest BCUT2D eigenvalue weighted by Gasteiger charge is -2.30. The second-order valence-electron chi connectivity index (χ2n) is 6.96. The summed E-state index contributed by atoms with van der Waals surface area (Å²) >= 11 is 0. The number of aryl methyl sites for hydroxylation is 1. The highest BCUT2D eigenvalue weighted by Crippen LogP contribution is 2.35. The van der Waals surface area contributed by atoms with E-state index in [2.05, 4.69) is 24.3 Å². The van der Waals surface area contributed by atoms with Crippen molar-refractivity contribution in [2.45, 2.75) is 69.9 Å². The first kappa shape index (κ1) is 15.5. The maximum absolute atomic E-state index is 12.8. The maximum Gasteiger partial charge on any atom is 0.223 e. The van der Waals surface area contributed by atoms with Gasteiger partial charge in [-0.3, -0.25) is 4.79 Å². The van der Waals surface area contributed by atoms with Crippen LogP contribution in [0.15, 0.2) is 24.3 Å². The van der Waals surface area contributed by atoms with Crippen LogP contribution in [0.2, 0.25) is 0 Å². The van der Waals surface area contributed by atoms with E-state index in [1.54, 1.807) is 0 Å². The van der Waals surface area contributed by atoms with E-state index in [0.29, 0.717) is 18.8 Å². The van der Waals surface area contributed by atoms with Crippen molar-refractivity contribution in [2.24, 2.45) is 0 Å². The maximum atomic E-state index is 12.8. The fourth-order valence-electron chi connectivity index (χ4n) is 4.20. The molecule has 1 aliphatic carbocycles. The van der Waals surface area contributed by atoms with Crippen molar-refractivity contribution in [2.75, 3.05) is 6.54 Å². The van der Waals surface area contributed by atoms with E-state index in [1.165, 1.54) is 17.5 Å². The van der Waals surface area contributed by atoms with Crippen molar-refractivity contribution >= 4 is 5.91 Å². The number of nitrogens with zero attached hydrogens (tertiary/aromatic N) is 1. The van der Waals surface area contributed by atoms with Gasteiger partial charge in [-0.05, 0) is 62.5 Å². The molecule has 1 aliphatic heterocycles. The number of benzene rings is 1. The van der Waals surface area contributed by atoms with E-state index in [-0.39, 0.29) is 18.1 Å². The largest absolute Gasteiger partial charge is 0.393 e. The number of hydrogen-bond acceptors (Lipinski definition) is 2. The molecule has 120 valence electrons. The molecule has 0 saturated carbocycles. The molecule has 1 amide bonds. The third kappa shape index (κ3) is 3.35. The quantitative estimate of drug-likeness (QED) is 0.927. The Hall–Kier alpha value is -1.35. The zero-order valence-corrected chi connectivity index (χ0v) is 13.5. The van der Waals surface area contributed by atoms with Crippen LogP contribution in [0.5, 0.6) is 0 Å². The fraction of sp³-hybridized carbons (Fsp3) is 0.632. The number of likely N-dealkylation sites (tertiary alicyclic amines) is 1. The highest BCUT2D eigenvalue weighted by Gasteiger charge is 2.31. The number of rotatable bonds is 4. The Labute approximate surface area is 133 Å². The minimum Gasteiger partial charge on any atom is -0.393 e. The smallest absolute Gasteiger partial charge is 0.223 e. The van der Waals surface area contributed by atoms with Crippen molar-refractivity contribution in [1.29, 1.82) is 0 Å². The molecule has 3 rings (SSSR count). The van der Waals surface area contributed by atoms with Gasteiger partial charge in [-0.15, -0.1) is 0 Å². The molecule has 0 aromatic heterocycles. The summed E-state index contributed by atoms with van der Waals surface area (Å²) in [5.74, 6) is 0.662. The lowest BCUT2D eigenvalue weighted by atomic mass is 9.81. The van der Waals surface area contributed by atoms with Gasteiger partial charge in [0.1, 0.15) is 0 Å². The summed E-state index contributed by atoms with van der Waals surface area (Å²) in [5, 5.41) is 9.63. The summed E-state index contributed by atoms with van der Waals surface area (Å²) < 4.78 is 0. The molecule has 0 radical (unpaired) electrons. The topological polar surface area (TPSA) is 40.5 Å². The van der Waals surface area contributed by atoms with Crippen LogP contribution >= 0.6 is 0 Å². The number of aliphatic hydroxyl groups excluding tert-OH is 1. The van der Waals surface area contributed by atoms with E-state index in [1.807, 2.05) is 11.8 Å². The van der Waals surface area contributed by atoms with E-state index >= 15 is 0 Å². The molecule has 3 unspecified atom stereocenters. The Morgan fingerprint density at radius 1 is 1.32 bits per heavy atom. The predicted molar refractivity (Wildman–Crippen MR) is 87.8 cm³/mol. The number of amides is 1. The summed E-state index contributed by atoms with van der Waals surface area (Å²) in [4.78, 5) is 14.8. The number of hydrogen-bond donors (Lipinski definition) is 1. The molecule has 2 aliphatic rings. The van der Waals surface area contributed by atoms with Gasteiger partial charge >= 0.3 is 0 Å². The van der Waals surface area contributed by atoms with Gasteiger partial charge in [0, 0.05) is 19.0 Å². The SMILES string of the molecule is CC(O)CC1CCCN1C(=O)CC1CCCc2ccccc21. The molecule has 22 heavy (non-hydrogen) atoms. The average Bonchev–Trinajstić information content (AvgIpc) is 2.95. The molecule has 1 saturated heterocycles. The van der Waals surface area contributed by atoms with Crippen LogP contribution in [0.1, 0.15) is 62.5 Å². The molecule has 3 heteroatoms. The number of carbonyl (C=O) groups excluding carboxylic acids is 1. The summed E-state index contributed by atoms with van der Waals surface area (Å²) in [6.45, 7) is 2.68. The summed E-state index contributed by atoms with van der Waals surface area (Å²) in [7, 11) is 0. The third-order valence-electron chi connectivity index (χ3n) is 5.23. The van der Waals surface area contributed by atoms with Gasteiger partial charge in [0.05, 0.1) is 6.10 Å². The minimum atomic E-state index is -0.325. The van der Waals surface area contributed by atoms with Crippen LogP contribution in [0.4, 0.5) is 0 Å². The van der Waals surface area contributed by atoms with Gasteiger partial charge in [0.15, 0.2) is 0 Å². The molecule has 1 N–H and O–H groups in total. The average molecular weight is 301 g/mol. The van der Waals surface area contributed by atoms with Crippen molar-refractivity contribution < 1.29 is 9.90 Å². The van der Waals surface area contributed by atoms with Crippen molar-refractivity contribution in [3.8, 4) is 0 Å². The van der Waals surface area contributed by atoms with Gasteiger partial charge in [-0.25, -0.2) is 0 Å². The fourth-order valence-corrected chi connectivity index (χ4v) is 4.20. The Balaban J connectivity index is 1.67.